The van der Waals surface area contributed by atoms with Crippen LogP contribution in [-0.2, 0) is 12.5 Å². The molecule has 156 valence electrons. The summed E-state index contributed by atoms with van der Waals surface area (Å²) < 4.78 is 2.03. The Morgan fingerprint density at radius 1 is 1.32 bits per heavy atom. The van der Waals surface area contributed by atoms with Crippen LogP contribution in [-0.4, -0.2) is 38.1 Å². The largest absolute Gasteiger partial charge is 0.395 e. The van der Waals surface area contributed by atoms with E-state index in [9.17, 15) is 9.90 Å². The molecular formula is C22H36N4O2. The van der Waals surface area contributed by atoms with Gasteiger partial charge in [-0.05, 0) is 37.2 Å². The summed E-state index contributed by atoms with van der Waals surface area (Å²) in [6, 6.07) is 1.82. The Morgan fingerprint density at radius 2 is 2.00 bits per heavy atom. The number of rotatable bonds is 9. The van der Waals surface area contributed by atoms with Gasteiger partial charge in [-0.3, -0.25) is 9.78 Å². The average molecular weight is 389 g/mol. The number of carbonyl (C=O) groups is 1. The summed E-state index contributed by atoms with van der Waals surface area (Å²) >= 11 is 0. The summed E-state index contributed by atoms with van der Waals surface area (Å²) in [4.78, 5) is 21.7. The van der Waals surface area contributed by atoms with Crippen molar-refractivity contribution >= 4 is 16.9 Å². The Hall–Kier alpha value is -1.79. The van der Waals surface area contributed by atoms with Crippen LogP contribution in [0, 0.1) is 11.8 Å². The zero-order valence-corrected chi connectivity index (χ0v) is 18.2. The van der Waals surface area contributed by atoms with Gasteiger partial charge in [0.15, 0.2) is 11.4 Å². The molecule has 6 heteroatoms. The summed E-state index contributed by atoms with van der Waals surface area (Å²) in [7, 11) is 1.97. The van der Waals surface area contributed by atoms with E-state index in [1.54, 1.807) is 6.20 Å². The molecule has 0 amide bonds. The Morgan fingerprint density at radius 3 is 2.57 bits per heavy atom. The molecule has 0 aliphatic carbocycles. The monoisotopic (exact) mass is 388 g/mol. The third-order valence-corrected chi connectivity index (χ3v) is 5.36. The topological polar surface area (TPSA) is 94.0 Å². The second kappa shape index (κ2) is 9.14. The first-order chi connectivity index (χ1) is 13.0. The van der Waals surface area contributed by atoms with Gasteiger partial charge in [0.25, 0.3) is 0 Å². The van der Waals surface area contributed by atoms with E-state index >= 15 is 0 Å². The number of aliphatic hydroxyl groups excluding tert-OH is 1. The SMILES string of the molecule is CC(C)C[C@H](CCCC(=O)c1cnc2cc(C(C)(C)C)n(C)c2n1)[C@@H](N)CO. The number of carbonyl (C=O) groups excluding carboxylic acids is 1. The van der Waals surface area contributed by atoms with E-state index in [1.165, 1.54) is 0 Å². The van der Waals surface area contributed by atoms with Gasteiger partial charge in [-0.2, -0.15) is 0 Å². The van der Waals surface area contributed by atoms with Gasteiger partial charge in [0.2, 0.25) is 0 Å². The summed E-state index contributed by atoms with van der Waals surface area (Å²) in [6.07, 6.45) is 4.54. The van der Waals surface area contributed by atoms with Gasteiger partial charge in [0.1, 0.15) is 11.2 Å². The van der Waals surface area contributed by atoms with Crippen molar-refractivity contribution in [2.75, 3.05) is 6.61 Å². The second-order valence-electron chi connectivity index (χ2n) is 9.35. The van der Waals surface area contributed by atoms with Gasteiger partial charge < -0.3 is 15.4 Å². The van der Waals surface area contributed by atoms with E-state index in [4.69, 9.17) is 5.73 Å². The highest BCUT2D eigenvalue weighted by Crippen LogP contribution is 2.27. The molecule has 0 saturated heterocycles. The van der Waals surface area contributed by atoms with Crippen molar-refractivity contribution in [2.24, 2.45) is 24.6 Å². The molecule has 0 radical (unpaired) electrons. The van der Waals surface area contributed by atoms with Crippen LogP contribution in [0.4, 0.5) is 0 Å². The van der Waals surface area contributed by atoms with Crippen LogP contribution in [0.3, 0.4) is 0 Å². The molecule has 3 N–H and O–H groups in total. The summed E-state index contributed by atoms with van der Waals surface area (Å²) in [5.41, 5.74) is 9.15. The minimum atomic E-state index is -0.229. The average Bonchev–Trinajstić information content (AvgIpc) is 2.96. The smallest absolute Gasteiger partial charge is 0.182 e. The number of ketones is 1. The van der Waals surface area contributed by atoms with Crippen LogP contribution in [0.1, 0.15) is 76.5 Å². The lowest BCUT2D eigenvalue weighted by atomic mass is 9.86. The quantitative estimate of drug-likeness (QED) is 0.640. The molecule has 0 bridgehead atoms. The number of aryl methyl sites for hydroxylation is 1. The lowest BCUT2D eigenvalue weighted by Gasteiger charge is -2.24. The number of nitrogens with two attached hydrogens (primary N) is 1. The van der Waals surface area contributed by atoms with Crippen molar-refractivity contribution in [2.45, 2.75) is 71.8 Å². The minimum absolute atomic E-state index is 0.00813. The Labute approximate surface area is 168 Å². The van der Waals surface area contributed by atoms with Crippen molar-refractivity contribution < 1.29 is 9.90 Å². The lowest BCUT2D eigenvalue weighted by molar-refractivity contribution is 0.0970. The molecule has 0 fully saturated rings. The number of hydrogen-bond acceptors (Lipinski definition) is 5. The van der Waals surface area contributed by atoms with Gasteiger partial charge in [-0.25, -0.2) is 4.98 Å². The molecule has 0 saturated carbocycles. The molecule has 2 aromatic rings. The highest BCUT2D eigenvalue weighted by atomic mass is 16.3. The highest BCUT2D eigenvalue weighted by Gasteiger charge is 2.22. The number of nitrogens with zero attached hydrogens (tertiary/aromatic N) is 3. The number of aromatic nitrogens is 3. The van der Waals surface area contributed by atoms with Crippen LogP contribution in [0.2, 0.25) is 0 Å². The molecule has 0 aliphatic rings. The maximum absolute atomic E-state index is 12.7. The number of Topliss-reactive ketones (excluding diaryl/α,β-unsaturated/α-hetero) is 1. The van der Waals surface area contributed by atoms with Crippen molar-refractivity contribution in [3.8, 4) is 0 Å². The molecule has 0 aromatic carbocycles. The normalized spacial score (nSPS) is 14.6. The predicted octanol–water partition coefficient (Wildman–Crippen LogP) is 3.60. The van der Waals surface area contributed by atoms with Crippen LogP contribution >= 0.6 is 0 Å². The lowest BCUT2D eigenvalue weighted by Crippen LogP contribution is -2.34. The Kier molecular flexibility index (Phi) is 7.34. The van der Waals surface area contributed by atoms with E-state index in [1.807, 2.05) is 17.7 Å². The first-order valence-corrected chi connectivity index (χ1v) is 10.3. The fourth-order valence-corrected chi connectivity index (χ4v) is 3.85. The molecule has 0 aliphatic heterocycles. The maximum Gasteiger partial charge on any atom is 0.182 e. The first kappa shape index (κ1) is 22.5. The van der Waals surface area contributed by atoms with Crippen molar-refractivity contribution in [1.82, 2.24) is 14.5 Å². The van der Waals surface area contributed by atoms with Gasteiger partial charge in [-0.15, -0.1) is 0 Å². The van der Waals surface area contributed by atoms with Crippen LogP contribution in [0.5, 0.6) is 0 Å². The van der Waals surface area contributed by atoms with E-state index in [-0.39, 0.29) is 29.8 Å². The molecule has 2 rings (SSSR count). The highest BCUT2D eigenvalue weighted by molar-refractivity contribution is 5.95. The Bertz CT molecular complexity index is 805. The third-order valence-electron chi connectivity index (χ3n) is 5.36. The fraction of sp³-hybridized carbons (Fsp3) is 0.682. The van der Waals surface area contributed by atoms with Crippen LogP contribution in [0.25, 0.3) is 11.2 Å². The van der Waals surface area contributed by atoms with Gasteiger partial charge in [-0.1, -0.05) is 34.6 Å². The molecule has 2 aromatic heterocycles. The van der Waals surface area contributed by atoms with Gasteiger partial charge in [0.05, 0.1) is 12.8 Å². The fourth-order valence-electron chi connectivity index (χ4n) is 3.85. The van der Waals surface area contributed by atoms with Crippen molar-refractivity contribution in [1.29, 1.82) is 0 Å². The summed E-state index contributed by atoms with van der Waals surface area (Å²) in [5, 5.41) is 9.38. The van der Waals surface area contributed by atoms with Gasteiger partial charge >= 0.3 is 0 Å². The second-order valence-corrected chi connectivity index (χ2v) is 9.35. The zero-order valence-electron chi connectivity index (χ0n) is 18.2. The molecule has 0 unspecified atom stereocenters. The Balaban J connectivity index is 2.08. The standard InChI is InChI=1S/C22H36N4O2/c1-14(2)10-15(16(23)13-27)8-7-9-19(28)18-12-24-17-11-20(22(3,4)5)26(6)21(17)25-18/h11-12,14-16,27H,7-10,13,23H2,1-6H3/t15-,16-/m0/s1. The van der Waals surface area contributed by atoms with E-state index in [0.717, 1.165) is 36.1 Å². The first-order valence-electron chi connectivity index (χ1n) is 10.3. The number of aliphatic hydroxyl groups is 1. The maximum atomic E-state index is 12.7. The van der Waals surface area contributed by atoms with Crippen LogP contribution in [0.15, 0.2) is 12.3 Å². The number of fused-ring (bicyclic) bond motifs is 1. The van der Waals surface area contributed by atoms with Crippen LogP contribution < -0.4 is 5.73 Å². The molecule has 6 nitrogen and oxygen atoms in total. The van der Waals surface area contributed by atoms with E-state index in [0.29, 0.717) is 18.0 Å². The van der Waals surface area contributed by atoms with Crippen molar-refractivity contribution in [3.05, 3.63) is 23.7 Å². The summed E-state index contributed by atoms with van der Waals surface area (Å²) in [5.74, 6) is 0.753. The molecule has 28 heavy (non-hydrogen) atoms. The molecular weight excluding hydrogens is 352 g/mol. The third kappa shape index (κ3) is 5.39. The summed E-state index contributed by atoms with van der Waals surface area (Å²) in [6.45, 7) is 10.7. The van der Waals surface area contributed by atoms with E-state index in [2.05, 4.69) is 44.6 Å². The molecule has 2 atom stereocenters. The zero-order chi connectivity index (χ0) is 21.1. The molecule has 2 heterocycles. The number of hydrogen-bond donors (Lipinski definition) is 2. The van der Waals surface area contributed by atoms with Gasteiger partial charge in [0, 0.05) is 30.6 Å². The van der Waals surface area contributed by atoms with E-state index < -0.39 is 0 Å². The molecule has 0 spiro atoms. The minimum Gasteiger partial charge on any atom is -0.395 e. The predicted molar refractivity (Wildman–Crippen MR) is 113 cm³/mol. The van der Waals surface area contributed by atoms with Crippen molar-refractivity contribution in [3.63, 3.8) is 0 Å².